The molecule has 8 heteroatoms. The highest BCUT2D eigenvalue weighted by Crippen LogP contribution is 2.27. The number of likely N-dealkylation sites (tertiary alicyclic amines) is 1. The van der Waals surface area contributed by atoms with Crippen LogP contribution in [0.1, 0.15) is 49.4 Å². The van der Waals surface area contributed by atoms with Crippen LogP contribution in [0, 0.1) is 10.1 Å². The molecule has 8 nitrogen and oxygen atoms in total. The molecular formula is C17H23N3O5. The lowest BCUT2D eigenvalue weighted by Crippen LogP contribution is -2.43. The van der Waals surface area contributed by atoms with Crippen molar-refractivity contribution in [3.05, 3.63) is 33.9 Å². The lowest BCUT2D eigenvalue weighted by Gasteiger charge is -2.34. The van der Waals surface area contributed by atoms with Crippen LogP contribution in [0.4, 0.5) is 5.69 Å². The summed E-state index contributed by atoms with van der Waals surface area (Å²) in [6.45, 7) is 2.99. The van der Waals surface area contributed by atoms with Gasteiger partial charge in [-0.25, -0.2) is 0 Å². The fraction of sp³-hybridized carbons (Fsp3) is 0.529. The summed E-state index contributed by atoms with van der Waals surface area (Å²) >= 11 is 0. The topological polar surface area (TPSA) is 116 Å². The fourth-order valence-electron chi connectivity index (χ4n) is 2.97. The molecule has 1 aliphatic rings. The third kappa shape index (κ3) is 5.25. The number of rotatable bonds is 8. The molecule has 1 fully saturated rings. The van der Waals surface area contributed by atoms with E-state index in [2.05, 4.69) is 4.90 Å². The number of primary amides is 1. The molecule has 0 aliphatic carbocycles. The Morgan fingerprint density at radius 3 is 2.56 bits per heavy atom. The van der Waals surface area contributed by atoms with Crippen molar-refractivity contribution in [2.24, 2.45) is 5.73 Å². The number of ether oxygens (including phenoxy) is 1. The molecule has 1 aromatic carbocycles. The zero-order valence-corrected chi connectivity index (χ0v) is 14.3. The van der Waals surface area contributed by atoms with E-state index in [0.717, 1.165) is 32.4 Å². The lowest BCUT2D eigenvalue weighted by atomic mass is 10.1. The molecule has 0 bridgehead atoms. The molecule has 0 saturated carbocycles. The first-order valence-electron chi connectivity index (χ1n) is 8.37. The number of carbonyl (C=O) groups is 2. The molecule has 1 heterocycles. The molecule has 0 spiro atoms. The molecule has 2 rings (SSSR count). The molecule has 2 N–H and O–H groups in total. The average Bonchev–Trinajstić information content (AvgIpc) is 2.58. The van der Waals surface area contributed by atoms with Gasteiger partial charge in [0.15, 0.2) is 12.0 Å². The largest absolute Gasteiger partial charge is 0.475 e. The van der Waals surface area contributed by atoms with Crippen molar-refractivity contribution in [3.63, 3.8) is 0 Å². The summed E-state index contributed by atoms with van der Waals surface area (Å²) in [5, 5.41) is 11.0. The second kappa shape index (κ2) is 8.57. The van der Waals surface area contributed by atoms with Crippen molar-refractivity contribution in [1.29, 1.82) is 0 Å². The summed E-state index contributed by atoms with van der Waals surface area (Å²) in [7, 11) is 0. The number of nitrogens with zero attached hydrogens (tertiary/aromatic N) is 2. The van der Waals surface area contributed by atoms with Crippen LogP contribution in [0.2, 0.25) is 0 Å². The van der Waals surface area contributed by atoms with Crippen LogP contribution in [-0.2, 0) is 4.79 Å². The Kier molecular flexibility index (Phi) is 6.46. The SMILES string of the molecule is CC(=O)c1cc(OC(CCC(N)=O)N2CCCCC2)ccc1[N+](=O)[O-]. The van der Waals surface area contributed by atoms with Gasteiger partial charge < -0.3 is 10.5 Å². The first-order valence-corrected chi connectivity index (χ1v) is 8.37. The van der Waals surface area contributed by atoms with Crippen LogP contribution in [0.15, 0.2) is 18.2 Å². The van der Waals surface area contributed by atoms with Crippen LogP contribution in [0.5, 0.6) is 5.75 Å². The Morgan fingerprint density at radius 1 is 1.32 bits per heavy atom. The second-order valence-corrected chi connectivity index (χ2v) is 6.17. The molecule has 1 amide bonds. The Bertz CT molecular complexity index is 656. The predicted octanol–water partition coefficient (Wildman–Crippen LogP) is 2.25. The highest BCUT2D eigenvalue weighted by atomic mass is 16.6. The third-order valence-electron chi connectivity index (χ3n) is 4.25. The zero-order valence-electron chi connectivity index (χ0n) is 14.3. The van der Waals surface area contributed by atoms with Gasteiger partial charge in [0.25, 0.3) is 5.69 Å². The first kappa shape index (κ1) is 18.9. The smallest absolute Gasteiger partial charge is 0.280 e. The second-order valence-electron chi connectivity index (χ2n) is 6.17. The van der Waals surface area contributed by atoms with Gasteiger partial charge in [0.05, 0.1) is 10.5 Å². The minimum Gasteiger partial charge on any atom is -0.475 e. The number of nitro groups is 1. The van der Waals surface area contributed by atoms with Crippen molar-refractivity contribution in [1.82, 2.24) is 4.90 Å². The van der Waals surface area contributed by atoms with E-state index in [1.807, 2.05) is 0 Å². The minimum atomic E-state index is -0.588. The number of ketones is 1. The van der Waals surface area contributed by atoms with Gasteiger partial charge in [-0.3, -0.25) is 24.6 Å². The first-order chi connectivity index (χ1) is 11.9. The molecule has 0 aromatic heterocycles. The van der Waals surface area contributed by atoms with Crippen LogP contribution in [0.25, 0.3) is 0 Å². The monoisotopic (exact) mass is 349 g/mol. The molecule has 1 aromatic rings. The number of benzene rings is 1. The quantitative estimate of drug-likeness (QED) is 0.437. The highest BCUT2D eigenvalue weighted by Gasteiger charge is 2.24. The summed E-state index contributed by atoms with van der Waals surface area (Å²) in [5.74, 6) is -0.432. The molecule has 136 valence electrons. The summed E-state index contributed by atoms with van der Waals surface area (Å²) in [4.78, 5) is 35.4. The van der Waals surface area contributed by atoms with E-state index in [1.165, 1.54) is 25.1 Å². The third-order valence-corrected chi connectivity index (χ3v) is 4.25. The standard InChI is InChI=1S/C17H23N3O5/c1-12(21)14-11-13(5-6-15(14)20(23)24)25-17(8-7-16(18)22)19-9-3-2-4-10-19/h5-6,11,17H,2-4,7-10H2,1H3,(H2,18,22). The fourth-order valence-corrected chi connectivity index (χ4v) is 2.97. The molecule has 0 radical (unpaired) electrons. The van der Waals surface area contributed by atoms with E-state index in [1.54, 1.807) is 0 Å². The zero-order chi connectivity index (χ0) is 18.4. The van der Waals surface area contributed by atoms with Crippen molar-refractivity contribution < 1.29 is 19.2 Å². The number of hydrogen-bond acceptors (Lipinski definition) is 6. The molecule has 1 aliphatic heterocycles. The van der Waals surface area contributed by atoms with Gasteiger partial charge in [-0.15, -0.1) is 0 Å². The van der Waals surface area contributed by atoms with Gasteiger partial charge in [-0.2, -0.15) is 0 Å². The lowest BCUT2D eigenvalue weighted by molar-refractivity contribution is -0.385. The Hall–Kier alpha value is -2.48. The van der Waals surface area contributed by atoms with E-state index in [0.29, 0.717) is 12.2 Å². The average molecular weight is 349 g/mol. The van der Waals surface area contributed by atoms with Gasteiger partial charge in [0.1, 0.15) is 5.75 Å². The van der Waals surface area contributed by atoms with Gasteiger partial charge >= 0.3 is 0 Å². The van der Waals surface area contributed by atoms with E-state index in [4.69, 9.17) is 10.5 Å². The summed E-state index contributed by atoms with van der Waals surface area (Å²) in [6, 6.07) is 4.14. The van der Waals surface area contributed by atoms with Crippen molar-refractivity contribution in [3.8, 4) is 5.75 Å². The van der Waals surface area contributed by atoms with Gasteiger partial charge in [-0.05, 0) is 31.9 Å². The molecular weight excluding hydrogens is 326 g/mol. The highest BCUT2D eigenvalue weighted by molar-refractivity contribution is 5.98. The van der Waals surface area contributed by atoms with E-state index in [-0.39, 0.29) is 23.9 Å². The normalized spacial score (nSPS) is 16.2. The maximum atomic E-state index is 11.7. The van der Waals surface area contributed by atoms with Crippen molar-refractivity contribution in [2.75, 3.05) is 13.1 Å². The molecule has 1 atom stereocenters. The van der Waals surface area contributed by atoms with Crippen LogP contribution in [0.3, 0.4) is 0 Å². The number of carbonyl (C=O) groups excluding carboxylic acids is 2. The number of Topliss-reactive ketones (excluding diaryl/α,β-unsaturated/α-hetero) is 1. The van der Waals surface area contributed by atoms with Gasteiger partial charge in [0, 0.05) is 32.0 Å². The molecule has 1 saturated heterocycles. The number of hydrogen-bond donors (Lipinski definition) is 1. The van der Waals surface area contributed by atoms with Crippen LogP contribution in [-0.4, -0.2) is 40.8 Å². The number of amides is 1. The van der Waals surface area contributed by atoms with Crippen LogP contribution >= 0.6 is 0 Å². The Balaban J connectivity index is 2.21. The maximum absolute atomic E-state index is 11.7. The number of piperidine rings is 1. The van der Waals surface area contributed by atoms with E-state index < -0.39 is 16.6 Å². The Morgan fingerprint density at radius 2 is 2.00 bits per heavy atom. The van der Waals surface area contributed by atoms with E-state index >= 15 is 0 Å². The van der Waals surface area contributed by atoms with Crippen molar-refractivity contribution in [2.45, 2.75) is 45.3 Å². The number of nitro benzene ring substituents is 1. The minimum absolute atomic E-state index is 0.00907. The molecule has 25 heavy (non-hydrogen) atoms. The van der Waals surface area contributed by atoms with Gasteiger partial charge in [-0.1, -0.05) is 6.42 Å². The van der Waals surface area contributed by atoms with Gasteiger partial charge in [0.2, 0.25) is 5.91 Å². The number of nitrogens with two attached hydrogens (primary N) is 1. The van der Waals surface area contributed by atoms with E-state index in [9.17, 15) is 19.7 Å². The summed E-state index contributed by atoms with van der Waals surface area (Å²) < 4.78 is 5.97. The van der Waals surface area contributed by atoms with Crippen molar-refractivity contribution >= 4 is 17.4 Å². The predicted molar refractivity (Wildman–Crippen MR) is 91.4 cm³/mol. The maximum Gasteiger partial charge on any atom is 0.280 e. The van der Waals surface area contributed by atoms with Crippen LogP contribution < -0.4 is 10.5 Å². The summed E-state index contributed by atoms with van der Waals surface area (Å²) in [5.41, 5.74) is 5.01. The molecule has 1 unspecified atom stereocenters. The summed E-state index contributed by atoms with van der Waals surface area (Å²) in [6.07, 6.45) is 3.53. The Labute approximate surface area is 146 Å².